The van der Waals surface area contributed by atoms with E-state index in [1.165, 1.54) is 12.3 Å². The Balaban J connectivity index is 2.33. The molecule has 98 valence electrons. The number of hydrogen-bond donors (Lipinski definition) is 0. The van der Waals surface area contributed by atoms with Crippen molar-refractivity contribution in [2.75, 3.05) is 13.2 Å². The minimum Gasteiger partial charge on any atom is -0.498 e. The molecule has 2 rings (SSSR count). The predicted octanol–water partition coefficient (Wildman–Crippen LogP) is 3.29. The zero-order valence-electron chi connectivity index (χ0n) is 10.2. The Kier molecular flexibility index (Phi) is 3.97. The van der Waals surface area contributed by atoms with Crippen molar-refractivity contribution in [2.45, 2.75) is 0 Å². The van der Waals surface area contributed by atoms with Gasteiger partial charge in [0.25, 0.3) is 5.69 Å². The van der Waals surface area contributed by atoms with Crippen molar-refractivity contribution in [1.82, 2.24) is 0 Å². The Labute approximate surface area is 110 Å². The third-order valence-electron chi connectivity index (χ3n) is 2.63. The van der Waals surface area contributed by atoms with E-state index in [2.05, 4.69) is 6.58 Å². The highest BCUT2D eigenvalue weighted by atomic mass is 16.6. The molecule has 5 heteroatoms. The molecule has 0 spiro atoms. The Hall–Kier alpha value is -2.56. The second-order valence-electron chi connectivity index (χ2n) is 3.77. The van der Waals surface area contributed by atoms with Crippen molar-refractivity contribution in [3.63, 3.8) is 0 Å². The third-order valence-corrected chi connectivity index (χ3v) is 2.63. The third kappa shape index (κ3) is 2.82. The highest BCUT2D eigenvalue weighted by Gasteiger charge is 2.14. The maximum atomic E-state index is 11.0. The monoisotopic (exact) mass is 259 g/mol. The van der Waals surface area contributed by atoms with Gasteiger partial charge in [0.15, 0.2) is 0 Å². The van der Waals surface area contributed by atoms with Crippen LogP contribution < -0.4 is 4.74 Å². The summed E-state index contributed by atoms with van der Waals surface area (Å²) >= 11 is 0. The summed E-state index contributed by atoms with van der Waals surface area (Å²) in [4.78, 5) is 10.6. The van der Waals surface area contributed by atoms with Crippen LogP contribution in [0.2, 0.25) is 0 Å². The first-order valence-corrected chi connectivity index (χ1v) is 5.75. The number of nitrogens with zero attached hydrogens (tertiary/aromatic N) is 1. The second-order valence-corrected chi connectivity index (χ2v) is 3.77. The molecule has 0 atom stereocenters. The number of rotatable bonds is 6. The van der Waals surface area contributed by atoms with Crippen molar-refractivity contribution in [3.8, 4) is 5.75 Å². The predicted molar refractivity (Wildman–Crippen MR) is 72.2 cm³/mol. The first-order chi connectivity index (χ1) is 9.24. The first kappa shape index (κ1) is 12.9. The van der Waals surface area contributed by atoms with Gasteiger partial charge in [-0.3, -0.25) is 10.1 Å². The van der Waals surface area contributed by atoms with Gasteiger partial charge in [0, 0.05) is 11.5 Å². The van der Waals surface area contributed by atoms with Crippen molar-refractivity contribution >= 4 is 16.5 Å². The van der Waals surface area contributed by atoms with Gasteiger partial charge in [0.2, 0.25) is 0 Å². The zero-order valence-corrected chi connectivity index (χ0v) is 10.2. The fourth-order valence-corrected chi connectivity index (χ4v) is 1.82. The van der Waals surface area contributed by atoms with E-state index in [1.807, 2.05) is 6.07 Å². The summed E-state index contributed by atoms with van der Waals surface area (Å²) in [7, 11) is 0. The quantitative estimate of drug-likeness (QED) is 0.345. The van der Waals surface area contributed by atoms with Gasteiger partial charge in [-0.1, -0.05) is 24.8 Å². The van der Waals surface area contributed by atoms with E-state index in [0.29, 0.717) is 24.3 Å². The van der Waals surface area contributed by atoms with Crippen LogP contribution in [-0.4, -0.2) is 18.1 Å². The standard InChI is InChI=1S/C14H13NO4/c1-2-18-9-10-19-14-8-7-13(15(16)17)11-5-3-4-6-12(11)14/h2-8H,1,9-10H2. The van der Waals surface area contributed by atoms with Crippen LogP contribution >= 0.6 is 0 Å². The molecule has 0 fully saturated rings. The van der Waals surface area contributed by atoms with Gasteiger partial charge >= 0.3 is 0 Å². The zero-order chi connectivity index (χ0) is 13.7. The molecule has 0 N–H and O–H groups in total. The van der Waals surface area contributed by atoms with E-state index >= 15 is 0 Å². The second kappa shape index (κ2) is 5.86. The van der Waals surface area contributed by atoms with Crippen LogP contribution in [0.3, 0.4) is 0 Å². The van der Waals surface area contributed by atoms with E-state index in [1.54, 1.807) is 24.3 Å². The lowest BCUT2D eigenvalue weighted by atomic mass is 10.1. The molecule has 0 amide bonds. The van der Waals surface area contributed by atoms with Crippen LogP contribution in [0.15, 0.2) is 49.2 Å². The number of nitro benzene ring substituents is 1. The molecule has 0 radical (unpaired) electrons. The molecule has 5 nitrogen and oxygen atoms in total. The van der Waals surface area contributed by atoms with Crippen LogP contribution in [0.5, 0.6) is 5.75 Å². The summed E-state index contributed by atoms with van der Waals surface area (Å²) in [5, 5.41) is 12.2. The molecule has 0 heterocycles. The Morgan fingerprint density at radius 2 is 1.89 bits per heavy atom. The molecular weight excluding hydrogens is 246 g/mol. The lowest BCUT2D eigenvalue weighted by Gasteiger charge is -2.09. The lowest BCUT2D eigenvalue weighted by molar-refractivity contribution is -0.383. The number of benzene rings is 2. The lowest BCUT2D eigenvalue weighted by Crippen LogP contribution is -2.04. The minimum absolute atomic E-state index is 0.0743. The van der Waals surface area contributed by atoms with E-state index in [9.17, 15) is 10.1 Å². The fourth-order valence-electron chi connectivity index (χ4n) is 1.82. The van der Waals surface area contributed by atoms with Crippen LogP contribution in [0.4, 0.5) is 5.69 Å². The molecule has 0 aromatic heterocycles. The summed E-state index contributed by atoms with van der Waals surface area (Å²) in [6.45, 7) is 4.17. The van der Waals surface area contributed by atoms with Gasteiger partial charge in [0.05, 0.1) is 16.6 Å². The Bertz CT molecular complexity index is 609. The molecule has 2 aromatic rings. The highest BCUT2D eigenvalue weighted by Crippen LogP contribution is 2.32. The molecule has 19 heavy (non-hydrogen) atoms. The summed E-state index contributed by atoms with van der Waals surface area (Å²) in [5.41, 5.74) is 0.0743. The molecule has 0 unspecified atom stereocenters. The van der Waals surface area contributed by atoms with Gasteiger partial charge in [-0.2, -0.15) is 0 Å². The van der Waals surface area contributed by atoms with Gasteiger partial charge in [0.1, 0.15) is 19.0 Å². The van der Waals surface area contributed by atoms with E-state index in [-0.39, 0.29) is 5.69 Å². The molecule has 0 saturated heterocycles. The average molecular weight is 259 g/mol. The SMILES string of the molecule is C=COCCOc1ccc([N+](=O)[O-])c2ccccc12. The number of non-ortho nitro benzene ring substituents is 1. The normalized spacial score (nSPS) is 10.1. The van der Waals surface area contributed by atoms with Gasteiger partial charge < -0.3 is 9.47 Å². The molecule has 0 saturated carbocycles. The average Bonchev–Trinajstić information content (AvgIpc) is 2.43. The maximum Gasteiger partial charge on any atom is 0.277 e. The molecular formula is C14H13NO4. The number of fused-ring (bicyclic) bond motifs is 1. The van der Waals surface area contributed by atoms with Crippen molar-refractivity contribution in [2.24, 2.45) is 0 Å². The van der Waals surface area contributed by atoms with Crippen LogP contribution in [0.1, 0.15) is 0 Å². The van der Waals surface area contributed by atoms with Crippen molar-refractivity contribution in [3.05, 3.63) is 59.4 Å². The number of nitro groups is 1. The summed E-state index contributed by atoms with van der Waals surface area (Å²) in [6.07, 6.45) is 1.34. The topological polar surface area (TPSA) is 61.6 Å². The van der Waals surface area contributed by atoms with E-state index in [4.69, 9.17) is 9.47 Å². The molecule has 0 aliphatic carbocycles. The summed E-state index contributed by atoms with van der Waals surface area (Å²) in [6, 6.07) is 10.1. The first-order valence-electron chi connectivity index (χ1n) is 5.75. The van der Waals surface area contributed by atoms with E-state index in [0.717, 1.165) is 5.39 Å². The Morgan fingerprint density at radius 3 is 2.58 bits per heavy atom. The highest BCUT2D eigenvalue weighted by molar-refractivity contribution is 5.95. The van der Waals surface area contributed by atoms with Gasteiger partial charge in [-0.05, 0) is 12.1 Å². The van der Waals surface area contributed by atoms with Crippen LogP contribution in [-0.2, 0) is 4.74 Å². The van der Waals surface area contributed by atoms with Crippen molar-refractivity contribution < 1.29 is 14.4 Å². The molecule has 2 aromatic carbocycles. The summed E-state index contributed by atoms with van der Waals surface area (Å²) in [5.74, 6) is 0.605. The summed E-state index contributed by atoms with van der Waals surface area (Å²) < 4.78 is 10.5. The van der Waals surface area contributed by atoms with Crippen molar-refractivity contribution in [1.29, 1.82) is 0 Å². The smallest absolute Gasteiger partial charge is 0.277 e. The van der Waals surface area contributed by atoms with Gasteiger partial charge in [-0.15, -0.1) is 0 Å². The minimum atomic E-state index is -0.396. The molecule has 0 aliphatic rings. The van der Waals surface area contributed by atoms with E-state index < -0.39 is 4.92 Å². The van der Waals surface area contributed by atoms with Gasteiger partial charge in [-0.25, -0.2) is 0 Å². The number of hydrogen-bond acceptors (Lipinski definition) is 4. The van der Waals surface area contributed by atoms with Crippen LogP contribution in [0.25, 0.3) is 10.8 Å². The molecule has 0 aliphatic heterocycles. The largest absolute Gasteiger partial charge is 0.498 e. The fraction of sp³-hybridized carbons (Fsp3) is 0.143. The number of ether oxygens (including phenoxy) is 2. The van der Waals surface area contributed by atoms with Crippen LogP contribution in [0, 0.1) is 10.1 Å². The molecule has 0 bridgehead atoms. The Morgan fingerprint density at radius 1 is 1.16 bits per heavy atom. The maximum absolute atomic E-state index is 11.0.